The summed E-state index contributed by atoms with van der Waals surface area (Å²) in [5.74, 6) is -17.3. The first-order chi connectivity index (χ1) is 19.0. The molecule has 11 nitrogen and oxygen atoms in total. The van der Waals surface area contributed by atoms with Gasteiger partial charge in [-0.1, -0.05) is 0 Å². The van der Waals surface area contributed by atoms with Gasteiger partial charge < -0.3 is 28.4 Å². The predicted octanol–water partition coefficient (Wildman–Crippen LogP) is 2.63. The molecule has 0 amide bonds. The molecule has 0 aromatic rings. The van der Waals surface area contributed by atoms with Crippen molar-refractivity contribution in [2.75, 3.05) is 20.3 Å². The van der Waals surface area contributed by atoms with Gasteiger partial charge in [0, 0.05) is 7.11 Å². The van der Waals surface area contributed by atoms with E-state index in [1.165, 1.54) is 0 Å². The topological polar surface area (TPSA) is 141 Å². The molecule has 0 rings (SSSR count). The number of halogens is 15. The maximum Gasteiger partial charge on any atom is 0.490 e. The van der Waals surface area contributed by atoms with Crippen LogP contribution in [-0.2, 0) is 52.4 Å². The van der Waals surface area contributed by atoms with Crippen LogP contribution in [0.1, 0.15) is 0 Å². The lowest BCUT2D eigenvalue weighted by Crippen LogP contribution is -2.56. The van der Waals surface area contributed by atoms with Crippen molar-refractivity contribution in [3.8, 4) is 0 Å². The normalized spacial score (nSPS) is 15.8. The Kier molecular flexibility index (Phi) is 12.9. The van der Waals surface area contributed by atoms with Crippen LogP contribution < -0.4 is 0 Å². The van der Waals surface area contributed by atoms with E-state index in [0.717, 1.165) is 0 Å². The van der Waals surface area contributed by atoms with Crippen molar-refractivity contribution in [3.05, 3.63) is 0 Å². The van der Waals surface area contributed by atoms with E-state index in [1.54, 1.807) is 0 Å². The Morgan fingerprint density at radius 3 is 0.953 bits per heavy atom. The molecule has 250 valence electrons. The van der Waals surface area contributed by atoms with Gasteiger partial charge in [0.2, 0.25) is 0 Å². The predicted molar refractivity (Wildman–Crippen MR) is 92.6 cm³/mol. The van der Waals surface area contributed by atoms with Gasteiger partial charge in [-0.3, -0.25) is 0 Å². The summed E-state index contributed by atoms with van der Waals surface area (Å²) in [4.78, 5) is 55.9. The Bertz CT molecular complexity index is 1010. The fraction of sp³-hybridized carbons (Fsp3) is 0.706. The number of esters is 5. The lowest BCUT2D eigenvalue weighted by molar-refractivity contribution is -0.246. The standard InChI is InChI=1S/C17H11F15O11/c1-38-6(4(41-10(35)15(24,25)26)2-39-8(33)13(18,19)20)7(43-12(37)17(30,31)32)5(42-11(36)16(27,28)29)3-40-9(34)14(21,22)23/h4-7H,2-3H2,1H3/t4-,5+,6-,7-/m1/s1. The van der Waals surface area contributed by atoms with Gasteiger partial charge in [-0.25, -0.2) is 24.0 Å². The number of hydrogen-bond donors (Lipinski definition) is 0. The minimum Gasteiger partial charge on any atom is -0.455 e. The smallest absolute Gasteiger partial charge is 0.455 e. The van der Waals surface area contributed by atoms with Gasteiger partial charge in [0.1, 0.15) is 19.3 Å². The Balaban J connectivity index is 7.04. The first kappa shape index (κ1) is 39.3. The van der Waals surface area contributed by atoms with Crippen LogP contribution in [0.4, 0.5) is 65.9 Å². The van der Waals surface area contributed by atoms with E-state index in [2.05, 4.69) is 28.4 Å². The first-order valence-corrected chi connectivity index (χ1v) is 9.87. The van der Waals surface area contributed by atoms with Crippen molar-refractivity contribution in [1.29, 1.82) is 0 Å². The summed E-state index contributed by atoms with van der Waals surface area (Å²) in [5, 5.41) is 0. The van der Waals surface area contributed by atoms with Gasteiger partial charge >= 0.3 is 60.7 Å². The molecule has 0 aromatic carbocycles. The van der Waals surface area contributed by atoms with E-state index in [-0.39, 0.29) is 7.11 Å². The maximum atomic E-state index is 12.8. The second kappa shape index (κ2) is 14.2. The zero-order valence-corrected chi connectivity index (χ0v) is 19.9. The molecule has 0 unspecified atom stereocenters. The van der Waals surface area contributed by atoms with E-state index < -0.39 is 98.4 Å². The summed E-state index contributed by atoms with van der Waals surface area (Å²) in [5.41, 5.74) is 0. The zero-order chi connectivity index (χ0) is 34.4. The van der Waals surface area contributed by atoms with Crippen molar-refractivity contribution in [2.45, 2.75) is 55.3 Å². The lowest BCUT2D eigenvalue weighted by atomic mass is 10.0. The van der Waals surface area contributed by atoms with Crippen LogP contribution in [0.25, 0.3) is 0 Å². The number of carbonyl (C=O) groups excluding carboxylic acids is 5. The highest BCUT2D eigenvalue weighted by Gasteiger charge is 2.53. The molecule has 0 aliphatic carbocycles. The van der Waals surface area contributed by atoms with Gasteiger partial charge in [-0.05, 0) is 0 Å². The van der Waals surface area contributed by atoms with Gasteiger partial charge in [-0.15, -0.1) is 0 Å². The summed E-state index contributed by atoms with van der Waals surface area (Å²) in [6.07, 6.45) is -44.6. The van der Waals surface area contributed by atoms with Crippen LogP contribution >= 0.6 is 0 Å². The summed E-state index contributed by atoms with van der Waals surface area (Å²) < 4.78 is 212. The van der Waals surface area contributed by atoms with Crippen LogP contribution in [0.5, 0.6) is 0 Å². The monoisotopic (exact) mass is 676 g/mol. The molecular weight excluding hydrogens is 665 g/mol. The largest absolute Gasteiger partial charge is 0.490 e. The molecule has 0 saturated carbocycles. The van der Waals surface area contributed by atoms with Gasteiger partial charge in [-0.2, -0.15) is 65.9 Å². The molecule has 0 fully saturated rings. The third-order valence-electron chi connectivity index (χ3n) is 4.00. The minimum atomic E-state index is -6.24. The maximum absolute atomic E-state index is 12.8. The molecule has 0 saturated heterocycles. The molecule has 4 atom stereocenters. The van der Waals surface area contributed by atoms with E-state index in [9.17, 15) is 89.8 Å². The minimum absolute atomic E-state index is 0.101. The summed E-state index contributed by atoms with van der Waals surface area (Å²) in [7, 11) is 0.101. The lowest BCUT2D eigenvalue weighted by Gasteiger charge is -2.35. The Hall–Kier alpha value is -3.74. The third kappa shape index (κ3) is 13.0. The summed E-state index contributed by atoms with van der Waals surface area (Å²) in [6.45, 7) is -4.85. The van der Waals surface area contributed by atoms with Crippen LogP contribution in [0.3, 0.4) is 0 Å². The molecule has 0 bridgehead atoms. The fourth-order valence-corrected chi connectivity index (χ4v) is 2.32. The van der Waals surface area contributed by atoms with Crippen LogP contribution in [0, 0.1) is 0 Å². The molecule has 0 aliphatic heterocycles. The Labute approximate surface area is 225 Å². The molecular formula is C17H11F15O11. The number of ether oxygens (including phenoxy) is 6. The van der Waals surface area contributed by atoms with Crippen LogP contribution in [-0.4, -0.2) is 105 Å². The molecule has 0 heterocycles. The molecule has 0 spiro atoms. The van der Waals surface area contributed by atoms with E-state index >= 15 is 0 Å². The number of hydrogen-bond acceptors (Lipinski definition) is 11. The Morgan fingerprint density at radius 1 is 0.442 bits per heavy atom. The van der Waals surface area contributed by atoms with Crippen molar-refractivity contribution in [3.63, 3.8) is 0 Å². The molecule has 0 N–H and O–H groups in total. The van der Waals surface area contributed by atoms with E-state index in [4.69, 9.17) is 0 Å². The Morgan fingerprint density at radius 2 is 0.698 bits per heavy atom. The fourth-order valence-electron chi connectivity index (χ4n) is 2.32. The molecule has 26 heteroatoms. The molecule has 0 aliphatic rings. The highest BCUT2D eigenvalue weighted by molar-refractivity contribution is 5.78. The highest BCUT2D eigenvalue weighted by atomic mass is 19.4. The average Bonchev–Trinajstić information content (AvgIpc) is 2.80. The second-order valence-electron chi connectivity index (χ2n) is 7.14. The summed E-state index contributed by atoms with van der Waals surface area (Å²) in [6, 6.07) is 0. The number of methoxy groups -OCH3 is 1. The molecule has 43 heavy (non-hydrogen) atoms. The second-order valence-corrected chi connectivity index (χ2v) is 7.14. The van der Waals surface area contributed by atoms with Gasteiger partial charge in [0.25, 0.3) is 0 Å². The SMILES string of the molecule is CO[C@@H]([C@H](OC(=O)C(F)(F)F)[C@H](COC(=O)C(F)(F)F)OC(=O)C(F)(F)F)[C@@H](COC(=O)C(F)(F)F)OC(=O)C(F)(F)F. The van der Waals surface area contributed by atoms with Crippen LogP contribution in [0.2, 0.25) is 0 Å². The number of carbonyl (C=O) groups is 5. The van der Waals surface area contributed by atoms with Gasteiger partial charge in [0.05, 0.1) is 0 Å². The highest BCUT2D eigenvalue weighted by Crippen LogP contribution is 2.29. The zero-order valence-electron chi connectivity index (χ0n) is 19.9. The van der Waals surface area contributed by atoms with E-state index in [1.807, 2.05) is 0 Å². The quantitative estimate of drug-likeness (QED) is 0.181. The average molecular weight is 676 g/mol. The van der Waals surface area contributed by atoms with Crippen molar-refractivity contribution >= 4 is 29.8 Å². The van der Waals surface area contributed by atoms with Crippen LogP contribution in [0.15, 0.2) is 0 Å². The van der Waals surface area contributed by atoms with Crippen molar-refractivity contribution in [1.82, 2.24) is 0 Å². The van der Waals surface area contributed by atoms with Crippen molar-refractivity contribution in [2.24, 2.45) is 0 Å². The number of alkyl halides is 15. The summed E-state index contributed by atoms with van der Waals surface area (Å²) >= 11 is 0. The van der Waals surface area contributed by atoms with E-state index in [0.29, 0.717) is 0 Å². The third-order valence-corrected chi connectivity index (χ3v) is 4.00. The van der Waals surface area contributed by atoms with Crippen molar-refractivity contribution < 1.29 is 118 Å². The number of rotatable bonds is 11. The molecule has 0 radical (unpaired) electrons. The van der Waals surface area contributed by atoms with Gasteiger partial charge in [0.15, 0.2) is 18.3 Å². The molecule has 0 aromatic heterocycles. The first-order valence-electron chi connectivity index (χ1n) is 9.87.